The van der Waals surface area contributed by atoms with Gasteiger partial charge in [-0.15, -0.1) is 0 Å². The Bertz CT molecular complexity index is 450. The van der Waals surface area contributed by atoms with E-state index >= 15 is 0 Å². The van der Waals surface area contributed by atoms with Crippen LogP contribution in [-0.4, -0.2) is 14.8 Å². The molecular formula is C9H14F3N4O+. The zero-order chi connectivity index (χ0) is 13.4. The molecule has 5 nitrogen and oxygen atoms in total. The molecule has 0 saturated carbocycles. The molecule has 96 valence electrons. The number of quaternary nitrogens is 1. The smallest absolute Gasteiger partial charge is 0.352 e. The maximum Gasteiger partial charge on any atom is 0.449 e. The number of halogens is 3. The van der Waals surface area contributed by atoms with Crippen LogP contribution >= 0.6 is 0 Å². The fourth-order valence-electron chi connectivity index (χ4n) is 1.51. The first-order chi connectivity index (χ1) is 7.82. The van der Waals surface area contributed by atoms with Crippen molar-refractivity contribution in [3.8, 4) is 0 Å². The number of hydrogen-bond donors (Lipinski definition) is 3. The highest BCUT2D eigenvalue weighted by Gasteiger charge is 2.42. The topological polar surface area (TPSA) is 68.5 Å². The van der Waals surface area contributed by atoms with Gasteiger partial charge in [-0.25, -0.2) is 10.2 Å². The van der Waals surface area contributed by atoms with Crippen molar-refractivity contribution >= 4 is 11.9 Å². The first-order valence-electron chi connectivity index (χ1n) is 5.00. The van der Waals surface area contributed by atoms with Gasteiger partial charge in [0, 0.05) is 7.05 Å². The van der Waals surface area contributed by atoms with Gasteiger partial charge < -0.3 is 5.73 Å². The molecule has 0 spiro atoms. The van der Waals surface area contributed by atoms with Gasteiger partial charge in [0.05, 0.1) is 6.08 Å². The second-order valence-corrected chi connectivity index (χ2v) is 3.17. The van der Waals surface area contributed by atoms with E-state index in [-0.39, 0.29) is 22.4 Å². The number of alkyl halides is 3. The van der Waals surface area contributed by atoms with E-state index in [2.05, 4.69) is 4.98 Å². The summed E-state index contributed by atoms with van der Waals surface area (Å²) in [6, 6.07) is 0. The fraction of sp³-hybridized carbons (Fsp3) is 0.444. The minimum Gasteiger partial charge on any atom is -0.352 e. The van der Waals surface area contributed by atoms with Crippen molar-refractivity contribution in [3.05, 3.63) is 17.3 Å². The lowest BCUT2D eigenvalue weighted by atomic mass is 10.5. The maximum atomic E-state index is 12.4. The molecule has 0 radical (unpaired) electrons. The van der Waals surface area contributed by atoms with E-state index in [1.54, 1.807) is 0 Å². The number of nitrogens with two attached hydrogens (primary N) is 1. The number of aromatic nitrogens is 2. The number of nitrogens with one attached hydrogen (secondary N) is 1. The van der Waals surface area contributed by atoms with E-state index < -0.39 is 12.0 Å². The van der Waals surface area contributed by atoms with Crippen LogP contribution in [0.5, 0.6) is 0 Å². The molecule has 1 atom stereocenters. The zero-order valence-electron chi connectivity index (χ0n) is 9.63. The second kappa shape index (κ2) is 4.38. The predicted molar refractivity (Wildman–Crippen MR) is 54.1 cm³/mol. The summed E-state index contributed by atoms with van der Waals surface area (Å²) in [4.78, 5) is 3.36. The summed E-state index contributed by atoms with van der Waals surface area (Å²) in [6.45, 7) is 4.00. The average Bonchev–Trinajstić information content (AvgIpc) is 2.70. The van der Waals surface area contributed by atoms with Crippen molar-refractivity contribution in [3.63, 3.8) is 0 Å². The summed E-state index contributed by atoms with van der Waals surface area (Å²) < 4.78 is 38.0. The van der Waals surface area contributed by atoms with Gasteiger partial charge in [-0.2, -0.15) is 13.2 Å². The summed E-state index contributed by atoms with van der Waals surface area (Å²) in [6.07, 6.45) is -3.33. The Hall–Kier alpha value is -1.54. The summed E-state index contributed by atoms with van der Waals surface area (Å²) in [7, 11) is 1.18. The lowest BCUT2D eigenvalue weighted by Gasteiger charge is -2.08. The van der Waals surface area contributed by atoms with Crippen LogP contribution in [0.3, 0.4) is 0 Å². The van der Waals surface area contributed by atoms with E-state index in [4.69, 9.17) is 5.73 Å². The third-order valence-electron chi connectivity index (χ3n) is 2.17. The molecule has 1 aromatic heterocycles. The lowest BCUT2D eigenvalue weighted by Crippen LogP contribution is -3.03. The molecule has 1 unspecified atom stereocenters. The molecule has 17 heavy (non-hydrogen) atoms. The Labute approximate surface area is 95.9 Å². The molecule has 0 amide bonds. The number of hydrogen-bond acceptors (Lipinski definition) is 3. The van der Waals surface area contributed by atoms with Crippen LogP contribution in [-0.2, 0) is 13.2 Å². The van der Waals surface area contributed by atoms with Gasteiger partial charge in [0.2, 0.25) is 11.6 Å². The van der Waals surface area contributed by atoms with Crippen LogP contribution in [0.1, 0.15) is 25.4 Å². The Kier molecular flexibility index (Phi) is 3.48. The van der Waals surface area contributed by atoms with Crippen molar-refractivity contribution < 1.29 is 23.4 Å². The standard InChI is InChI=1S/C7H7F3N4O.C2H6/c1-13-5-3(2-4(11)14(5)15)12-6(13)7(8,9)10;1-2/h2,15H,11H2,1H3;1-2H3/p+1. The van der Waals surface area contributed by atoms with Crippen molar-refractivity contribution in [2.75, 3.05) is 0 Å². The molecule has 0 aromatic carbocycles. The van der Waals surface area contributed by atoms with Crippen LogP contribution in [0.15, 0.2) is 5.82 Å². The quantitative estimate of drug-likeness (QED) is 0.634. The summed E-state index contributed by atoms with van der Waals surface area (Å²) in [5.74, 6) is -1.03. The van der Waals surface area contributed by atoms with Crippen molar-refractivity contribution in [2.45, 2.75) is 20.0 Å². The normalized spacial score (nSPS) is 18.3. The largest absolute Gasteiger partial charge is 0.449 e. The van der Waals surface area contributed by atoms with Gasteiger partial charge in [0.15, 0.2) is 5.69 Å². The number of nitrogens with zero attached hydrogens (tertiary/aromatic N) is 2. The molecule has 0 fully saturated rings. The van der Waals surface area contributed by atoms with E-state index in [1.165, 1.54) is 13.1 Å². The number of fused-ring (bicyclic) bond motifs is 1. The molecule has 4 N–H and O–H groups in total. The predicted octanol–water partition coefficient (Wildman–Crippen LogP) is 0.641. The van der Waals surface area contributed by atoms with E-state index in [0.717, 1.165) is 4.57 Å². The molecule has 0 saturated heterocycles. The van der Waals surface area contributed by atoms with Gasteiger partial charge in [0.1, 0.15) is 0 Å². The molecule has 1 aliphatic heterocycles. The molecule has 0 aliphatic carbocycles. The average molecular weight is 251 g/mol. The first-order valence-corrected chi connectivity index (χ1v) is 5.00. The lowest BCUT2D eigenvalue weighted by molar-refractivity contribution is -1.00. The molecule has 2 heterocycles. The molecule has 0 bridgehead atoms. The number of hydroxylamine groups is 1. The highest BCUT2D eigenvalue weighted by molar-refractivity contribution is 5.60. The molecule has 1 aromatic rings. The van der Waals surface area contributed by atoms with Crippen molar-refractivity contribution in [1.82, 2.24) is 9.55 Å². The van der Waals surface area contributed by atoms with Crippen LogP contribution in [0.2, 0.25) is 0 Å². The summed E-state index contributed by atoms with van der Waals surface area (Å²) in [5.41, 5.74) is 5.38. The maximum absolute atomic E-state index is 12.4. The van der Waals surface area contributed by atoms with Gasteiger partial charge in [-0.05, 0) is 0 Å². The van der Waals surface area contributed by atoms with Gasteiger partial charge in [-0.1, -0.05) is 18.9 Å². The minimum absolute atomic E-state index is 0.000162. The SMILES string of the molecule is CC.Cn1c(C(F)(F)F)nc2c1[NH+](O)C(N)=C2. The highest BCUT2D eigenvalue weighted by atomic mass is 19.4. The van der Waals surface area contributed by atoms with E-state index in [0.29, 0.717) is 0 Å². The van der Waals surface area contributed by atoms with Crippen LogP contribution < -0.4 is 10.8 Å². The Morgan fingerprint density at radius 1 is 1.41 bits per heavy atom. The minimum atomic E-state index is -4.54. The molecule has 1 aliphatic rings. The van der Waals surface area contributed by atoms with Gasteiger partial charge in [0.25, 0.3) is 5.82 Å². The van der Waals surface area contributed by atoms with Crippen LogP contribution in [0, 0.1) is 0 Å². The third kappa shape index (κ3) is 2.13. The van der Waals surface area contributed by atoms with Crippen LogP contribution in [0.4, 0.5) is 19.0 Å². The molecule has 2 rings (SSSR count). The van der Waals surface area contributed by atoms with Gasteiger partial charge in [-0.3, -0.25) is 4.57 Å². The fourth-order valence-corrected chi connectivity index (χ4v) is 1.51. The van der Waals surface area contributed by atoms with E-state index in [1.807, 2.05) is 13.8 Å². The molecular weight excluding hydrogens is 237 g/mol. The van der Waals surface area contributed by atoms with E-state index in [9.17, 15) is 18.4 Å². The van der Waals surface area contributed by atoms with Crippen molar-refractivity contribution in [1.29, 1.82) is 0 Å². The summed E-state index contributed by atoms with van der Waals surface area (Å²) >= 11 is 0. The first kappa shape index (κ1) is 13.5. The Balaban J connectivity index is 0.000000686. The summed E-state index contributed by atoms with van der Waals surface area (Å²) in [5, 5.41) is 9.04. The molecule has 8 heteroatoms. The Morgan fingerprint density at radius 2 is 1.94 bits per heavy atom. The third-order valence-corrected chi connectivity index (χ3v) is 2.17. The number of rotatable bonds is 0. The number of imidazole rings is 1. The monoisotopic (exact) mass is 251 g/mol. The highest BCUT2D eigenvalue weighted by Crippen LogP contribution is 2.31. The second-order valence-electron chi connectivity index (χ2n) is 3.17. The zero-order valence-corrected chi connectivity index (χ0v) is 9.63. The van der Waals surface area contributed by atoms with Crippen LogP contribution in [0.25, 0.3) is 6.08 Å². The van der Waals surface area contributed by atoms with Gasteiger partial charge >= 0.3 is 6.18 Å². The van der Waals surface area contributed by atoms with Crippen molar-refractivity contribution in [2.24, 2.45) is 12.8 Å². The Morgan fingerprint density at radius 3 is 2.35 bits per heavy atom.